The average molecular weight is 616 g/mol. The van der Waals surface area contributed by atoms with Gasteiger partial charge >= 0.3 is 0 Å². The molecule has 45 heavy (non-hydrogen) atoms. The molecule has 2 aromatic carbocycles. The summed E-state index contributed by atoms with van der Waals surface area (Å²) in [6, 6.07) is 25.3. The van der Waals surface area contributed by atoms with E-state index in [9.17, 15) is 0 Å². The van der Waals surface area contributed by atoms with Gasteiger partial charge in [-0.25, -0.2) is 0 Å². The molecule has 4 aromatic rings. The summed E-state index contributed by atoms with van der Waals surface area (Å²) in [6.45, 7) is 18.7. The standard InChI is InChI=1S/C10H11NO.C10H14O.C9H13NO.C8H11NO.CH4/c1-8(2)12-10-6-4-3-5-9(10)7-11;1-9(2)11-8-10-6-4-3-5-7-10;1-7(2)11-9-4-8(3)5-10-6-9;1-7(2)10-8-4-3-5-9-6-8;/h3-6,8H,1-2H3;3-7,9H,8H2,1-2H3;4-7H,1-3H3;3-7H,1-2H3;1H4. The van der Waals surface area contributed by atoms with Crippen LogP contribution in [0.5, 0.6) is 17.2 Å². The highest BCUT2D eigenvalue weighted by Crippen LogP contribution is 2.17. The largest absolute Gasteiger partial charge is 0.490 e. The molecule has 0 spiro atoms. The summed E-state index contributed by atoms with van der Waals surface area (Å²) >= 11 is 0. The molecule has 2 aromatic heterocycles. The summed E-state index contributed by atoms with van der Waals surface area (Å²) in [4.78, 5) is 7.92. The molecule has 0 aliphatic heterocycles. The summed E-state index contributed by atoms with van der Waals surface area (Å²) in [5.74, 6) is 2.34. The molecule has 0 aliphatic rings. The van der Waals surface area contributed by atoms with Gasteiger partial charge in [-0.1, -0.05) is 49.9 Å². The molecule has 7 nitrogen and oxygen atoms in total. The molecule has 0 bridgehead atoms. The van der Waals surface area contributed by atoms with Crippen molar-refractivity contribution >= 4 is 0 Å². The summed E-state index contributed by atoms with van der Waals surface area (Å²) in [7, 11) is 0. The number of pyridine rings is 2. The third kappa shape index (κ3) is 21.0. The van der Waals surface area contributed by atoms with Gasteiger partial charge in [-0.3, -0.25) is 9.97 Å². The van der Waals surface area contributed by atoms with Gasteiger partial charge in [0.05, 0.1) is 49.0 Å². The molecule has 0 radical (unpaired) electrons. The fourth-order valence-corrected chi connectivity index (χ4v) is 3.31. The van der Waals surface area contributed by atoms with Gasteiger partial charge in [0, 0.05) is 12.4 Å². The Balaban J connectivity index is 0.000000570. The molecule has 7 heteroatoms. The lowest BCUT2D eigenvalue weighted by atomic mass is 10.2. The number of hydrogen-bond acceptors (Lipinski definition) is 7. The maximum Gasteiger partial charge on any atom is 0.138 e. The van der Waals surface area contributed by atoms with Crippen LogP contribution in [0.4, 0.5) is 0 Å². The summed E-state index contributed by atoms with van der Waals surface area (Å²) in [5, 5.41) is 8.70. The van der Waals surface area contributed by atoms with Crippen LogP contribution < -0.4 is 14.2 Å². The molecule has 0 saturated carbocycles. The summed E-state index contributed by atoms with van der Waals surface area (Å²) in [6.07, 6.45) is 7.85. The van der Waals surface area contributed by atoms with Gasteiger partial charge in [0.25, 0.3) is 0 Å². The van der Waals surface area contributed by atoms with Crippen LogP contribution in [0, 0.1) is 18.3 Å². The van der Waals surface area contributed by atoms with Crippen LogP contribution in [0.1, 0.15) is 79.5 Å². The van der Waals surface area contributed by atoms with E-state index < -0.39 is 0 Å². The molecular formula is C38H53N3O4. The zero-order chi connectivity index (χ0) is 32.7. The van der Waals surface area contributed by atoms with E-state index in [1.54, 1.807) is 30.7 Å². The molecule has 4 rings (SSSR count). The lowest BCUT2D eigenvalue weighted by molar-refractivity contribution is 0.0657. The second kappa shape index (κ2) is 24.0. The van der Waals surface area contributed by atoms with E-state index in [2.05, 4.69) is 28.2 Å². The minimum absolute atomic E-state index is 0. The zero-order valence-electron chi connectivity index (χ0n) is 27.7. The monoisotopic (exact) mass is 615 g/mol. The van der Waals surface area contributed by atoms with Crippen LogP contribution in [-0.2, 0) is 11.3 Å². The average Bonchev–Trinajstić information content (AvgIpc) is 2.98. The van der Waals surface area contributed by atoms with Crippen LogP contribution in [-0.4, -0.2) is 34.4 Å². The normalized spacial score (nSPS) is 9.78. The van der Waals surface area contributed by atoms with E-state index in [-0.39, 0.29) is 25.7 Å². The number of nitrogens with zero attached hydrogens (tertiary/aromatic N) is 3. The SMILES string of the molecule is C.CC(C)OCc1ccccc1.CC(C)Oc1ccccc1C#N.CC(C)Oc1cccnc1.Cc1cncc(OC(C)C)c1. The molecule has 0 aliphatic carbocycles. The molecular weight excluding hydrogens is 562 g/mol. The molecule has 0 atom stereocenters. The first-order chi connectivity index (χ1) is 21.0. The van der Waals surface area contributed by atoms with E-state index in [1.165, 1.54) is 5.56 Å². The van der Waals surface area contributed by atoms with Gasteiger partial charge in [-0.2, -0.15) is 5.26 Å². The first-order valence-electron chi connectivity index (χ1n) is 15.0. The van der Waals surface area contributed by atoms with Crippen LogP contribution in [0.15, 0.2) is 97.6 Å². The topological polar surface area (TPSA) is 86.5 Å². The highest BCUT2D eigenvalue weighted by atomic mass is 16.5. The van der Waals surface area contributed by atoms with E-state index in [4.69, 9.17) is 24.2 Å². The molecule has 244 valence electrons. The molecule has 2 heterocycles. The van der Waals surface area contributed by atoms with Crippen molar-refractivity contribution in [3.63, 3.8) is 0 Å². The third-order valence-corrected chi connectivity index (χ3v) is 5.02. The summed E-state index contributed by atoms with van der Waals surface area (Å²) < 4.78 is 21.6. The number of para-hydroxylation sites is 1. The maximum absolute atomic E-state index is 8.70. The van der Waals surface area contributed by atoms with E-state index in [0.717, 1.165) is 23.7 Å². The van der Waals surface area contributed by atoms with Crippen LogP contribution in [0.3, 0.4) is 0 Å². The Labute approximate surface area is 272 Å². The Bertz CT molecular complexity index is 1320. The Morgan fingerprint density at radius 2 is 1.22 bits per heavy atom. The van der Waals surface area contributed by atoms with E-state index in [1.807, 2.05) is 117 Å². The van der Waals surface area contributed by atoms with Crippen molar-refractivity contribution in [2.45, 2.75) is 101 Å². The second-order valence-electron chi connectivity index (χ2n) is 10.8. The van der Waals surface area contributed by atoms with Crippen LogP contribution in [0.25, 0.3) is 0 Å². The molecule has 0 fully saturated rings. The second-order valence-corrected chi connectivity index (χ2v) is 10.8. The van der Waals surface area contributed by atoms with Crippen molar-refractivity contribution in [1.29, 1.82) is 5.26 Å². The number of benzene rings is 2. The number of nitriles is 1. The van der Waals surface area contributed by atoms with E-state index >= 15 is 0 Å². The van der Waals surface area contributed by atoms with Crippen molar-refractivity contribution < 1.29 is 18.9 Å². The highest BCUT2D eigenvalue weighted by Gasteiger charge is 2.02. The predicted octanol–water partition coefficient (Wildman–Crippen LogP) is 9.64. The fraction of sp³-hybridized carbons (Fsp3) is 0.395. The van der Waals surface area contributed by atoms with Crippen molar-refractivity contribution in [2.75, 3.05) is 0 Å². The van der Waals surface area contributed by atoms with Crippen LogP contribution >= 0.6 is 0 Å². The maximum atomic E-state index is 8.70. The van der Waals surface area contributed by atoms with Gasteiger partial charge < -0.3 is 18.9 Å². The highest BCUT2D eigenvalue weighted by molar-refractivity contribution is 5.42. The van der Waals surface area contributed by atoms with E-state index in [0.29, 0.717) is 17.4 Å². The van der Waals surface area contributed by atoms with Crippen molar-refractivity contribution in [3.05, 3.63) is 114 Å². The Morgan fingerprint density at radius 1 is 0.644 bits per heavy atom. The van der Waals surface area contributed by atoms with Gasteiger partial charge in [-0.15, -0.1) is 0 Å². The smallest absolute Gasteiger partial charge is 0.138 e. The molecule has 0 amide bonds. The Hall–Kier alpha value is -4.41. The quantitative estimate of drug-likeness (QED) is 0.185. The Morgan fingerprint density at radius 3 is 1.76 bits per heavy atom. The van der Waals surface area contributed by atoms with Gasteiger partial charge in [0.2, 0.25) is 0 Å². The van der Waals surface area contributed by atoms with Gasteiger partial charge in [0.1, 0.15) is 23.3 Å². The number of aryl methyl sites for hydroxylation is 1. The first-order valence-corrected chi connectivity index (χ1v) is 15.0. The van der Waals surface area contributed by atoms with Crippen molar-refractivity contribution in [2.24, 2.45) is 0 Å². The number of hydrogen-bond donors (Lipinski definition) is 0. The summed E-state index contributed by atoms with van der Waals surface area (Å²) in [5.41, 5.74) is 2.95. The molecule has 0 N–H and O–H groups in total. The van der Waals surface area contributed by atoms with Crippen molar-refractivity contribution in [3.8, 4) is 23.3 Å². The lowest BCUT2D eigenvalue weighted by Crippen LogP contribution is -2.06. The number of rotatable bonds is 9. The third-order valence-electron chi connectivity index (χ3n) is 5.02. The van der Waals surface area contributed by atoms with Crippen LogP contribution in [0.2, 0.25) is 0 Å². The van der Waals surface area contributed by atoms with Gasteiger partial charge in [-0.05, 0) is 104 Å². The molecule has 0 saturated heterocycles. The minimum Gasteiger partial charge on any atom is -0.490 e. The first kappa shape index (κ1) is 40.6. The zero-order valence-corrected chi connectivity index (χ0v) is 27.7. The predicted molar refractivity (Wildman–Crippen MR) is 185 cm³/mol. The fourth-order valence-electron chi connectivity index (χ4n) is 3.31. The van der Waals surface area contributed by atoms with Crippen molar-refractivity contribution in [1.82, 2.24) is 9.97 Å². The lowest BCUT2D eigenvalue weighted by Gasteiger charge is -2.09. The molecule has 0 unspecified atom stereocenters. The Kier molecular flexibility index (Phi) is 21.6. The number of ether oxygens (including phenoxy) is 4. The minimum atomic E-state index is 0. The number of aromatic nitrogens is 2. The van der Waals surface area contributed by atoms with Gasteiger partial charge in [0.15, 0.2) is 0 Å².